The summed E-state index contributed by atoms with van der Waals surface area (Å²) in [5, 5.41) is 1.82. The van der Waals surface area contributed by atoms with Gasteiger partial charge in [0.1, 0.15) is 4.83 Å². The summed E-state index contributed by atoms with van der Waals surface area (Å²) < 4.78 is 24.0. The van der Waals surface area contributed by atoms with E-state index in [1.54, 1.807) is 16.0 Å². The molecule has 0 atom stereocenters. The van der Waals surface area contributed by atoms with Gasteiger partial charge in [-0.3, -0.25) is 4.40 Å². The van der Waals surface area contributed by atoms with E-state index in [0.29, 0.717) is 4.83 Å². The first kappa shape index (κ1) is 8.52. The van der Waals surface area contributed by atoms with Crippen LogP contribution in [0.25, 0.3) is 4.83 Å². The average molecular weight is 217 g/mol. The van der Waals surface area contributed by atoms with Gasteiger partial charge in [-0.1, -0.05) is 0 Å². The van der Waals surface area contributed by atoms with Crippen LogP contribution in [-0.2, 0) is 9.84 Å². The summed E-state index contributed by atoms with van der Waals surface area (Å²) in [6, 6.07) is 0. The molecule has 0 saturated heterocycles. The second-order valence-electron chi connectivity index (χ2n) is 2.63. The molecule has 0 radical (unpaired) electrons. The molecule has 0 amide bonds. The van der Waals surface area contributed by atoms with E-state index >= 15 is 0 Å². The normalized spacial score (nSPS) is 12.4. The minimum atomic E-state index is -3.28. The molecule has 0 saturated carbocycles. The zero-order valence-electron chi connectivity index (χ0n) is 6.76. The van der Waals surface area contributed by atoms with Crippen molar-refractivity contribution in [2.75, 3.05) is 12.0 Å². The predicted octanol–water partition coefficient (Wildman–Crippen LogP) is 0.381. The van der Waals surface area contributed by atoms with Crippen molar-refractivity contribution in [2.45, 2.75) is 5.03 Å². The van der Waals surface area contributed by atoms with Gasteiger partial charge < -0.3 is 5.73 Å². The number of sulfone groups is 1. The van der Waals surface area contributed by atoms with Crippen molar-refractivity contribution in [3.05, 3.63) is 11.6 Å². The van der Waals surface area contributed by atoms with E-state index in [0.717, 1.165) is 6.26 Å². The summed E-state index contributed by atoms with van der Waals surface area (Å²) >= 11 is 1.30. The number of rotatable bonds is 1. The number of imidazole rings is 1. The third-order valence-corrected chi connectivity index (χ3v) is 3.59. The summed E-state index contributed by atoms with van der Waals surface area (Å²) in [4.78, 5) is 4.35. The maximum absolute atomic E-state index is 11.2. The van der Waals surface area contributed by atoms with Crippen LogP contribution in [0.2, 0.25) is 0 Å². The van der Waals surface area contributed by atoms with Crippen molar-refractivity contribution in [3.63, 3.8) is 0 Å². The quantitative estimate of drug-likeness (QED) is 0.749. The fourth-order valence-electron chi connectivity index (χ4n) is 1.06. The van der Waals surface area contributed by atoms with Gasteiger partial charge in [0.2, 0.25) is 5.95 Å². The molecule has 2 N–H and O–H groups in total. The highest BCUT2D eigenvalue weighted by Gasteiger charge is 2.18. The van der Waals surface area contributed by atoms with Crippen LogP contribution < -0.4 is 5.73 Å². The third kappa shape index (κ3) is 1.20. The molecule has 7 heteroatoms. The maximum Gasteiger partial charge on any atom is 0.206 e. The van der Waals surface area contributed by atoms with Crippen LogP contribution in [-0.4, -0.2) is 24.1 Å². The van der Waals surface area contributed by atoms with Gasteiger partial charge in [-0.05, 0) is 0 Å². The molecule has 0 aliphatic carbocycles. The standard InChI is InChI=1S/C6H7N3O2S2/c1-13(10,11)4-5-9(2-3-12-5)6(7)8-4/h2-3H,1H3,(H2,7,8). The van der Waals surface area contributed by atoms with E-state index < -0.39 is 9.84 Å². The predicted molar refractivity (Wildman–Crippen MR) is 50.6 cm³/mol. The van der Waals surface area contributed by atoms with Crippen LogP contribution in [0.5, 0.6) is 0 Å². The largest absolute Gasteiger partial charge is 0.369 e. The number of hydrogen-bond donors (Lipinski definition) is 1. The Kier molecular flexibility index (Phi) is 1.61. The van der Waals surface area contributed by atoms with E-state index in [9.17, 15) is 8.42 Å². The van der Waals surface area contributed by atoms with E-state index in [4.69, 9.17) is 5.73 Å². The molecule has 0 fully saturated rings. The molecule has 0 bridgehead atoms. The first-order chi connectivity index (χ1) is 6.00. The van der Waals surface area contributed by atoms with Crippen molar-refractivity contribution < 1.29 is 8.42 Å². The number of fused-ring (bicyclic) bond motifs is 1. The average Bonchev–Trinajstić information content (AvgIpc) is 2.51. The summed E-state index contributed by atoms with van der Waals surface area (Å²) in [6.07, 6.45) is 2.81. The Bertz CT molecular complexity index is 551. The van der Waals surface area contributed by atoms with Crippen LogP contribution in [0.15, 0.2) is 16.6 Å². The van der Waals surface area contributed by atoms with Gasteiger partial charge in [-0.15, -0.1) is 11.3 Å². The first-order valence-corrected chi connectivity index (χ1v) is 6.18. The van der Waals surface area contributed by atoms with Gasteiger partial charge in [0.05, 0.1) is 0 Å². The summed E-state index contributed by atoms with van der Waals surface area (Å²) in [6.45, 7) is 0. The second-order valence-corrected chi connectivity index (χ2v) is 5.45. The molecule has 2 aromatic heterocycles. The van der Waals surface area contributed by atoms with E-state index in [2.05, 4.69) is 4.98 Å². The molecule has 70 valence electrons. The van der Waals surface area contributed by atoms with Crippen molar-refractivity contribution in [3.8, 4) is 0 Å². The zero-order valence-corrected chi connectivity index (χ0v) is 8.39. The number of nitrogens with zero attached hydrogens (tertiary/aromatic N) is 2. The Labute approximate surface area is 78.7 Å². The molecule has 13 heavy (non-hydrogen) atoms. The second kappa shape index (κ2) is 2.46. The van der Waals surface area contributed by atoms with Crippen LogP contribution in [0.3, 0.4) is 0 Å². The lowest BCUT2D eigenvalue weighted by atomic mass is 10.9. The molecule has 2 aromatic rings. The molecule has 2 rings (SSSR count). The monoisotopic (exact) mass is 217 g/mol. The number of nitrogens with two attached hydrogens (primary N) is 1. The zero-order chi connectivity index (χ0) is 9.64. The molecule has 0 aliphatic heterocycles. The van der Waals surface area contributed by atoms with Gasteiger partial charge in [0, 0.05) is 17.8 Å². The molecule has 2 heterocycles. The van der Waals surface area contributed by atoms with E-state index in [1.165, 1.54) is 11.3 Å². The van der Waals surface area contributed by atoms with Gasteiger partial charge in [-0.25, -0.2) is 8.42 Å². The van der Waals surface area contributed by atoms with Crippen LogP contribution in [0.4, 0.5) is 5.95 Å². The van der Waals surface area contributed by atoms with Crippen LogP contribution in [0.1, 0.15) is 0 Å². The lowest BCUT2D eigenvalue weighted by molar-refractivity contribution is 0.600. The van der Waals surface area contributed by atoms with Crippen molar-refractivity contribution in [1.29, 1.82) is 0 Å². The molecule has 0 aromatic carbocycles. The van der Waals surface area contributed by atoms with Crippen LogP contribution >= 0.6 is 11.3 Å². The number of nitrogen functional groups attached to an aromatic ring is 1. The van der Waals surface area contributed by atoms with Gasteiger partial charge in [-0.2, -0.15) is 4.98 Å². The lowest BCUT2D eigenvalue weighted by Gasteiger charge is -1.88. The minimum Gasteiger partial charge on any atom is -0.369 e. The number of aromatic nitrogens is 2. The molecular formula is C6H7N3O2S2. The Morgan fingerprint density at radius 1 is 1.62 bits per heavy atom. The fraction of sp³-hybridized carbons (Fsp3) is 0.167. The molecule has 0 unspecified atom stereocenters. The highest BCUT2D eigenvalue weighted by atomic mass is 32.2. The molecule has 5 nitrogen and oxygen atoms in total. The van der Waals surface area contributed by atoms with Gasteiger partial charge in [0.25, 0.3) is 0 Å². The van der Waals surface area contributed by atoms with Crippen molar-refractivity contribution in [1.82, 2.24) is 9.38 Å². The molecule has 0 spiro atoms. The smallest absolute Gasteiger partial charge is 0.206 e. The fourth-order valence-corrected chi connectivity index (χ4v) is 3.06. The topological polar surface area (TPSA) is 77.5 Å². The minimum absolute atomic E-state index is 0.0556. The van der Waals surface area contributed by atoms with Crippen LogP contribution in [0, 0.1) is 0 Å². The summed E-state index contributed by atoms with van der Waals surface area (Å²) in [5.74, 6) is 0.205. The van der Waals surface area contributed by atoms with Crippen molar-refractivity contribution >= 4 is 32.0 Å². The number of thiazole rings is 1. The highest BCUT2D eigenvalue weighted by molar-refractivity contribution is 7.91. The molecular weight excluding hydrogens is 210 g/mol. The van der Waals surface area contributed by atoms with Crippen molar-refractivity contribution in [2.24, 2.45) is 0 Å². The van der Waals surface area contributed by atoms with E-state index in [-0.39, 0.29) is 11.0 Å². The Morgan fingerprint density at radius 2 is 2.31 bits per heavy atom. The SMILES string of the molecule is CS(=O)(=O)c1nc(N)n2ccsc12. The Balaban J connectivity index is 2.92. The van der Waals surface area contributed by atoms with E-state index in [1.807, 2.05) is 0 Å². The highest BCUT2D eigenvalue weighted by Crippen LogP contribution is 2.23. The molecule has 0 aliphatic rings. The van der Waals surface area contributed by atoms with Gasteiger partial charge in [0.15, 0.2) is 14.9 Å². The first-order valence-electron chi connectivity index (χ1n) is 3.41. The third-order valence-electron chi connectivity index (χ3n) is 1.61. The summed E-state index contributed by atoms with van der Waals surface area (Å²) in [5.41, 5.74) is 5.51. The number of hydrogen-bond acceptors (Lipinski definition) is 5. The Hall–Kier alpha value is -1.08. The maximum atomic E-state index is 11.2. The van der Waals surface area contributed by atoms with Gasteiger partial charge >= 0.3 is 0 Å². The lowest BCUT2D eigenvalue weighted by Crippen LogP contribution is -1.97. The summed E-state index contributed by atoms with van der Waals surface area (Å²) in [7, 11) is -3.28. The Morgan fingerprint density at radius 3 is 2.92 bits per heavy atom. The number of anilines is 1.